The van der Waals surface area contributed by atoms with E-state index in [4.69, 9.17) is 0 Å². The van der Waals surface area contributed by atoms with Crippen molar-refractivity contribution in [1.29, 1.82) is 0 Å². The summed E-state index contributed by atoms with van der Waals surface area (Å²) < 4.78 is 25.8. The lowest BCUT2D eigenvalue weighted by Crippen LogP contribution is -2.50. The number of nitrogens with zero attached hydrogens (tertiary/aromatic N) is 2. The van der Waals surface area contributed by atoms with E-state index in [0.717, 1.165) is 49.1 Å². The number of amides is 1. The van der Waals surface area contributed by atoms with Crippen LogP contribution in [0.5, 0.6) is 0 Å². The van der Waals surface area contributed by atoms with Gasteiger partial charge in [-0.05, 0) is 40.9 Å². The van der Waals surface area contributed by atoms with Crippen molar-refractivity contribution in [2.24, 2.45) is 0 Å². The monoisotopic (exact) mass is 434 g/mol. The maximum Gasteiger partial charge on any atom is 0.237 e. The highest BCUT2D eigenvalue weighted by Crippen LogP contribution is 2.26. The molecule has 1 aliphatic heterocycles. The van der Waals surface area contributed by atoms with Crippen molar-refractivity contribution in [3.05, 3.63) is 20.8 Å². The van der Waals surface area contributed by atoms with Gasteiger partial charge in [-0.1, -0.05) is 12.8 Å². The van der Waals surface area contributed by atoms with E-state index in [0.29, 0.717) is 13.1 Å². The van der Waals surface area contributed by atoms with Crippen molar-refractivity contribution in [2.75, 3.05) is 31.9 Å². The fourth-order valence-corrected chi connectivity index (χ4v) is 6.78. The molecule has 1 saturated carbocycles. The van der Waals surface area contributed by atoms with E-state index in [1.165, 1.54) is 4.88 Å². The normalized spacial score (nSPS) is 20.6. The number of halogens is 1. The maximum atomic E-state index is 12.4. The summed E-state index contributed by atoms with van der Waals surface area (Å²) in [4.78, 5) is 17.7. The number of piperazine rings is 1. The number of carbonyl (C=O) groups excluding carboxylic acids is 1. The Hall–Kier alpha value is -0.440. The predicted octanol–water partition coefficient (Wildman–Crippen LogP) is 2.51. The van der Waals surface area contributed by atoms with Crippen LogP contribution < -0.4 is 0 Å². The summed E-state index contributed by atoms with van der Waals surface area (Å²) in [6.45, 7) is 3.71. The highest BCUT2D eigenvalue weighted by Gasteiger charge is 2.32. The largest absolute Gasteiger partial charge is 0.339 e. The molecule has 24 heavy (non-hydrogen) atoms. The van der Waals surface area contributed by atoms with E-state index in [9.17, 15) is 13.2 Å². The van der Waals surface area contributed by atoms with Gasteiger partial charge in [-0.3, -0.25) is 9.69 Å². The van der Waals surface area contributed by atoms with Gasteiger partial charge in [-0.2, -0.15) is 0 Å². The molecule has 0 unspecified atom stereocenters. The first-order valence-corrected chi connectivity index (χ1v) is 11.7. The van der Waals surface area contributed by atoms with E-state index in [2.05, 4.69) is 26.9 Å². The second kappa shape index (κ2) is 7.85. The molecular weight excluding hydrogens is 412 g/mol. The number of hydrogen-bond donors (Lipinski definition) is 0. The molecule has 5 nitrogen and oxygen atoms in total. The van der Waals surface area contributed by atoms with Crippen LogP contribution in [-0.2, 0) is 21.2 Å². The molecule has 2 aliphatic rings. The van der Waals surface area contributed by atoms with Gasteiger partial charge in [0.1, 0.15) is 5.75 Å². The summed E-state index contributed by atoms with van der Waals surface area (Å²) in [6.07, 6.45) is 3.38. The third-order valence-corrected chi connectivity index (χ3v) is 8.61. The summed E-state index contributed by atoms with van der Waals surface area (Å²) in [5, 5.41) is -0.292. The fraction of sp³-hybridized carbons (Fsp3) is 0.688. The molecule has 0 N–H and O–H groups in total. The molecule has 1 aromatic heterocycles. The van der Waals surface area contributed by atoms with E-state index < -0.39 is 9.84 Å². The first-order chi connectivity index (χ1) is 11.4. The number of rotatable bonds is 5. The average molecular weight is 435 g/mol. The average Bonchev–Trinajstić information content (AvgIpc) is 3.20. The summed E-state index contributed by atoms with van der Waals surface area (Å²) in [7, 11) is -3.28. The van der Waals surface area contributed by atoms with Gasteiger partial charge >= 0.3 is 0 Å². The van der Waals surface area contributed by atoms with Gasteiger partial charge in [0.05, 0.1) is 9.04 Å². The van der Waals surface area contributed by atoms with Crippen LogP contribution in [0.25, 0.3) is 0 Å². The Bertz CT molecular complexity index is 675. The number of hydrogen-bond acceptors (Lipinski definition) is 5. The van der Waals surface area contributed by atoms with Crippen LogP contribution in [0.1, 0.15) is 30.6 Å². The van der Waals surface area contributed by atoms with Crippen LogP contribution in [-0.4, -0.2) is 61.3 Å². The quantitative estimate of drug-likeness (QED) is 0.713. The molecule has 1 aromatic rings. The minimum absolute atomic E-state index is 0.222. The number of carbonyl (C=O) groups is 1. The van der Waals surface area contributed by atoms with Crippen LogP contribution >= 0.6 is 27.3 Å². The Morgan fingerprint density at radius 3 is 2.42 bits per heavy atom. The number of sulfone groups is 1. The molecule has 134 valence electrons. The Balaban J connectivity index is 1.48. The van der Waals surface area contributed by atoms with Crippen LogP contribution in [0.3, 0.4) is 0 Å². The number of thiophene rings is 1. The van der Waals surface area contributed by atoms with Crippen LogP contribution in [0.4, 0.5) is 0 Å². The Morgan fingerprint density at radius 2 is 1.83 bits per heavy atom. The van der Waals surface area contributed by atoms with Gasteiger partial charge in [-0.25, -0.2) is 8.42 Å². The molecule has 1 amide bonds. The van der Waals surface area contributed by atoms with Crippen molar-refractivity contribution >= 4 is 43.0 Å². The van der Waals surface area contributed by atoms with E-state index in [-0.39, 0.29) is 16.9 Å². The molecule has 3 rings (SSSR count). The molecule has 0 aromatic carbocycles. The van der Waals surface area contributed by atoms with Crippen molar-refractivity contribution < 1.29 is 13.2 Å². The molecule has 1 saturated heterocycles. The van der Waals surface area contributed by atoms with Crippen molar-refractivity contribution in [3.63, 3.8) is 0 Å². The molecule has 0 bridgehead atoms. The van der Waals surface area contributed by atoms with Crippen LogP contribution in [0, 0.1) is 0 Å². The Kier molecular flexibility index (Phi) is 6.00. The fourth-order valence-electron chi connectivity index (χ4n) is 3.44. The summed E-state index contributed by atoms with van der Waals surface area (Å²) in [5.74, 6) is -0.532. The van der Waals surface area contributed by atoms with Crippen molar-refractivity contribution in [1.82, 2.24) is 9.80 Å². The lowest BCUT2D eigenvalue weighted by Gasteiger charge is -2.34. The molecule has 1 aliphatic carbocycles. The Morgan fingerprint density at radius 1 is 1.17 bits per heavy atom. The zero-order valence-corrected chi connectivity index (χ0v) is 16.8. The van der Waals surface area contributed by atoms with Gasteiger partial charge in [0, 0.05) is 37.6 Å². The molecule has 0 spiro atoms. The lowest BCUT2D eigenvalue weighted by molar-refractivity contribution is -0.130. The van der Waals surface area contributed by atoms with Gasteiger partial charge in [-0.15, -0.1) is 11.3 Å². The van der Waals surface area contributed by atoms with Crippen LogP contribution in [0.15, 0.2) is 15.9 Å². The Labute approximate surface area is 156 Å². The standard InChI is InChI=1S/C16H23BrN2O3S2/c17-15-6-5-13(23-15)11-18-7-9-19(10-8-18)16(20)12-24(21,22)14-3-1-2-4-14/h5-6,14H,1-4,7-12H2. The summed E-state index contributed by atoms with van der Waals surface area (Å²) in [5.41, 5.74) is 0. The zero-order chi connectivity index (χ0) is 17.2. The molecule has 0 radical (unpaired) electrons. The van der Waals surface area contributed by atoms with Crippen LogP contribution in [0.2, 0.25) is 0 Å². The van der Waals surface area contributed by atoms with Crippen molar-refractivity contribution in [2.45, 2.75) is 37.5 Å². The third-order valence-electron chi connectivity index (χ3n) is 4.87. The highest BCUT2D eigenvalue weighted by molar-refractivity contribution is 9.11. The van der Waals surface area contributed by atoms with Gasteiger partial charge in [0.15, 0.2) is 9.84 Å². The molecule has 2 heterocycles. The van der Waals surface area contributed by atoms with E-state index in [1.807, 2.05) is 6.07 Å². The SMILES string of the molecule is O=C(CS(=O)(=O)C1CCCC1)N1CCN(Cc2ccc(Br)s2)CC1. The highest BCUT2D eigenvalue weighted by atomic mass is 79.9. The minimum atomic E-state index is -3.28. The zero-order valence-electron chi connectivity index (χ0n) is 13.6. The first-order valence-electron chi connectivity index (χ1n) is 8.40. The van der Waals surface area contributed by atoms with E-state index in [1.54, 1.807) is 16.2 Å². The molecule has 8 heteroatoms. The van der Waals surface area contributed by atoms with Crippen molar-refractivity contribution in [3.8, 4) is 0 Å². The lowest BCUT2D eigenvalue weighted by atomic mass is 10.3. The maximum absolute atomic E-state index is 12.4. The van der Waals surface area contributed by atoms with Gasteiger partial charge < -0.3 is 4.90 Å². The second-order valence-corrected chi connectivity index (χ2v) is 11.4. The molecular formula is C16H23BrN2O3S2. The molecule has 2 fully saturated rings. The summed E-state index contributed by atoms with van der Waals surface area (Å²) in [6, 6.07) is 4.16. The smallest absolute Gasteiger partial charge is 0.237 e. The van der Waals surface area contributed by atoms with Gasteiger partial charge in [0.25, 0.3) is 0 Å². The van der Waals surface area contributed by atoms with Gasteiger partial charge in [0.2, 0.25) is 5.91 Å². The topological polar surface area (TPSA) is 57.7 Å². The predicted molar refractivity (Wildman–Crippen MR) is 99.9 cm³/mol. The second-order valence-electron chi connectivity index (χ2n) is 6.58. The minimum Gasteiger partial charge on any atom is -0.339 e. The molecule has 0 atom stereocenters. The first kappa shape index (κ1) is 18.4. The van der Waals surface area contributed by atoms with E-state index >= 15 is 0 Å². The third kappa shape index (κ3) is 4.59. The summed E-state index contributed by atoms with van der Waals surface area (Å²) >= 11 is 5.20.